The molecule has 0 spiro atoms. The van der Waals surface area contributed by atoms with E-state index in [0.717, 1.165) is 5.69 Å². The van der Waals surface area contributed by atoms with Crippen LogP contribution in [-0.4, -0.2) is 22.6 Å². The predicted molar refractivity (Wildman–Crippen MR) is 66.2 cm³/mol. The lowest BCUT2D eigenvalue weighted by molar-refractivity contribution is 0.0987. The fourth-order valence-electron chi connectivity index (χ4n) is 1.53. The number of benzene rings is 1. The van der Waals surface area contributed by atoms with Gasteiger partial charge in [0.1, 0.15) is 0 Å². The molecule has 0 aliphatic rings. The molecule has 1 amide bonds. The third-order valence-corrected chi connectivity index (χ3v) is 2.49. The quantitative estimate of drug-likeness (QED) is 0.824. The number of nitrogens with one attached hydrogen (secondary N) is 1. The third kappa shape index (κ3) is 2.85. The van der Waals surface area contributed by atoms with E-state index in [2.05, 4.69) is 15.5 Å². The molecule has 0 aliphatic heterocycles. The van der Waals surface area contributed by atoms with Gasteiger partial charge in [-0.3, -0.25) is 4.79 Å². The van der Waals surface area contributed by atoms with Crippen molar-refractivity contribution < 1.29 is 9.32 Å². The molecule has 6 heteroatoms. The van der Waals surface area contributed by atoms with Gasteiger partial charge < -0.3 is 15.6 Å². The number of para-hydroxylation sites is 1. The molecule has 2 aromatic rings. The number of hydrogen-bond donors (Lipinski definition) is 2. The van der Waals surface area contributed by atoms with Gasteiger partial charge in [-0.2, -0.15) is 4.98 Å². The smallest absolute Gasteiger partial charge is 0.290 e. The van der Waals surface area contributed by atoms with E-state index in [-0.39, 0.29) is 5.82 Å². The van der Waals surface area contributed by atoms with Crippen LogP contribution in [0, 0.1) is 6.92 Å². The van der Waals surface area contributed by atoms with Gasteiger partial charge in [0.2, 0.25) is 5.89 Å². The van der Waals surface area contributed by atoms with Crippen LogP contribution in [0.3, 0.4) is 0 Å². The number of aromatic nitrogens is 2. The monoisotopic (exact) mass is 246 g/mol. The van der Waals surface area contributed by atoms with Crippen LogP contribution in [0.25, 0.3) is 0 Å². The number of nitrogens with two attached hydrogens (primary N) is 1. The molecule has 0 saturated heterocycles. The van der Waals surface area contributed by atoms with E-state index in [1.165, 1.54) is 5.56 Å². The second kappa shape index (κ2) is 5.31. The lowest BCUT2D eigenvalue weighted by Crippen LogP contribution is -2.13. The van der Waals surface area contributed by atoms with Crippen LogP contribution in [0.2, 0.25) is 0 Å². The first-order valence-corrected chi connectivity index (χ1v) is 5.58. The molecule has 3 N–H and O–H groups in total. The van der Waals surface area contributed by atoms with Crippen molar-refractivity contribution in [2.24, 2.45) is 5.73 Å². The van der Waals surface area contributed by atoms with E-state index in [9.17, 15) is 4.79 Å². The Morgan fingerprint density at radius 1 is 1.44 bits per heavy atom. The summed E-state index contributed by atoms with van der Waals surface area (Å²) >= 11 is 0. The number of primary amides is 1. The van der Waals surface area contributed by atoms with Crippen molar-refractivity contribution in [1.29, 1.82) is 0 Å². The normalized spacial score (nSPS) is 10.3. The van der Waals surface area contributed by atoms with Crippen LogP contribution >= 0.6 is 0 Å². The Hall–Kier alpha value is -2.37. The van der Waals surface area contributed by atoms with Gasteiger partial charge in [0.15, 0.2) is 0 Å². The fraction of sp³-hybridized carbons (Fsp3) is 0.250. The average molecular weight is 246 g/mol. The summed E-state index contributed by atoms with van der Waals surface area (Å²) in [6.45, 7) is 2.67. The SMILES string of the molecule is Cc1ccccc1NCCc1nc(C(N)=O)no1. The van der Waals surface area contributed by atoms with E-state index < -0.39 is 5.91 Å². The number of carbonyl (C=O) groups excluding carboxylic acids is 1. The molecular weight excluding hydrogens is 232 g/mol. The molecule has 94 valence electrons. The summed E-state index contributed by atoms with van der Waals surface area (Å²) < 4.78 is 4.89. The van der Waals surface area contributed by atoms with Crippen LogP contribution in [0.4, 0.5) is 5.69 Å². The Kier molecular flexibility index (Phi) is 3.57. The minimum absolute atomic E-state index is 0.0825. The third-order valence-electron chi connectivity index (χ3n) is 2.49. The first-order valence-electron chi connectivity index (χ1n) is 5.58. The average Bonchev–Trinajstić information content (AvgIpc) is 2.80. The van der Waals surface area contributed by atoms with Crippen molar-refractivity contribution in [1.82, 2.24) is 10.1 Å². The predicted octanol–water partition coefficient (Wildman–Crippen LogP) is 1.13. The van der Waals surface area contributed by atoms with Gasteiger partial charge in [-0.25, -0.2) is 0 Å². The van der Waals surface area contributed by atoms with Gasteiger partial charge >= 0.3 is 0 Å². The van der Waals surface area contributed by atoms with E-state index in [0.29, 0.717) is 18.9 Å². The van der Waals surface area contributed by atoms with Gasteiger partial charge in [-0.15, -0.1) is 0 Å². The van der Waals surface area contributed by atoms with Crippen molar-refractivity contribution in [3.63, 3.8) is 0 Å². The lowest BCUT2D eigenvalue weighted by Gasteiger charge is -2.07. The summed E-state index contributed by atoms with van der Waals surface area (Å²) in [5.74, 6) is -0.373. The number of rotatable bonds is 5. The number of nitrogens with zero attached hydrogens (tertiary/aromatic N) is 2. The Balaban J connectivity index is 1.88. The highest BCUT2D eigenvalue weighted by molar-refractivity contribution is 5.88. The lowest BCUT2D eigenvalue weighted by atomic mass is 10.2. The maximum absolute atomic E-state index is 10.8. The van der Waals surface area contributed by atoms with Gasteiger partial charge in [0, 0.05) is 18.7 Å². The van der Waals surface area contributed by atoms with Crippen LogP contribution in [-0.2, 0) is 6.42 Å². The van der Waals surface area contributed by atoms with E-state index in [1.807, 2.05) is 31.2 Å². The number of aryl methyl sites for hydroxylation is 1. The fourth-order valence-corrected chi connectivity index (χ4v) is 1.53. The van der Waals surface area contributed by atoms with Crippen LogP contribution in [0.1, 0.15) is 22.1 Å². The van der Waals surface area contributed by atoms with Crippen molar-refractivity contribution in [3.8, 4) is 0 Å². The minimum Gasteiger partial charge on any atom is -0.384 e. The first-order chi connectivity index (χ1) is 8.66. The molecule has 0 atom stereocenters. The largest absolute Gasteiger partial charge is 0.384 e. The first kappa shape index (κ1) is 12.1. The molecule has 2 rings (SSSR count). The molecule has 1 aromatic carbocycles. The summed E-state index contributed by atoms with van der Waals surface area (Å²) in [5, 5.41) is 6.73. The van der Waals surface area contributed by atoms with E-state index >= 15 is 0 Å². The Bertz CT molecular complexity index is 551. The second-order valence-electron chi connectivity index (χ2n) is 3.87. The Labute approximate surface area is 104 Å². The molecule has 0 bridgehead atoms. The molecule has 0 radical (unpaired) electrons. The number of amides is 1. The molecule has 1 heterocycles. The molecule has 0 fully saturated rings. The molecule has 1 aromatic heterocycles. The molecule has 0 saturated carbocycles. The summed E-state index contributed by atoms with van der Waals surface area (Å²) in [7, 11) is 0. The number of anilines is 1. The molecule has 0 unspecified atom stereocenters. The van der Waals surface area contributed by atoms with Crippen molar-refractivity contribution in [2.75, 3.05) is 11.9 Å². The maximum Gasteiger partial charge on any atom is 0.290 e. The highest BCUT2D eigenvalue weighted by Gasteiger charge is 2.10. The molecular formula is C12H14N4O2. The van der Waals surface area contributed by atoms with Crippen molar-refractivity contribution in [2.45, 2.75) is 13.3 Å². The van der Waals surface area contributed by atoms with Gasteiger partial charge in [0.25, 0.3) is 11.7 Å². The topological polar surface area (TPSA) is 94.0 Å². The van der Waals surface area contributed by atoms with E-state index in [1.54, 1.807) is 0 Å². The van der Waals surface area contributed by atoms with E-state index in [4.69, 9.17) is 10.3 Å². The minimum atomic E-state index is -0.683. The van der Waals surface area contributed by atoms with Crippen LogP contribution in [0.5, 0.6) is 0 Å². The zero-order chi connectivity index (χ0) is 13.0. The number of carbonyl (C=O) groups is 1. The van der Waals surface area contributed by atoms with Crippen molar-refractivity contribution in [3.05, 3.63) is 41.5 Å². The van der Waals surface area contributed by atoms with Crippen molar-refractivity contribution >= 4 is 11.6 Å². The highest BCUT2D eigenvalue weighted by Crippen LogP contribution is 2.12. The highest BCUT2D eigenvalue weighted by atomic mass is 16.5. The van der Waals surface area contributed by atoms with Gasteiger partial charge in [0.05, 0.1) is 0 Å². The Morgan fingerprint density at radius 3 is 2.89 bits per heavy atom. The zero-order valence-corrected chi connectivity index (χ0v) is 10.0. The van der Waals surface area contributed by atoms with Crippen LogP contribution in [0.15, 0.2) is 28.8 Å². The summed E-state index contributed by atoms with van der Waals surface area (Å²) in [6, 6.07) is 7.98. The molecule has 0 aliphatic carbocycles. The standard InChI is InChI=1S/C12H14N4O2/c1-8-4-2-3-5-9(8)14-7-6-10-15-12(11(13)17)16-18-10/h2-5,14H,6-7H2,1H3,(H2,13,17). The Morgan fingerprint density at radius 2 is 2.22 bits per heavy atom. The summed E-state index contributed by atoms with van der Waals surface area (Å²) in [6.07, 6.45) is 0.536. The molecule has 18 heavy (non-hydrogen) atoms. The zero-order valence-electron chi connectivity index (χ0n) is 10.0. The van der Waals surface area contributed by atoms with Gasteiger partial charge in [-0.05, 0) is 18.6 Å². The number of hydrogen-bond acceptors (Lipinski definition) is 5. The summed E-state index contributed by atoms with van der Waals surface area (Å²) in [4.78, 5) is 14.6. The molecule has 6 nitrogen and oxygen atoms in total. The summed E-state index contributed by atoms with van der Waals surface area (Å²) in [5.41, 5.74) is 7.26. The van der Waals surface area contributed by atoms with Gasteiger partial charge in [-0.1, -0.05) is 23.4 Å². The maximum atomic E-state index is 10.8. The second-order valence-corrected chi connectivity index (χ2v) is 3.87. The van der Waals surface area contributed by atoms with Crippen LogP contribution < -0.4 is 11.1 Å².